The molecule has 188 valence electrons. The summed E-state index contributed by atoms with van der Waals surface area (Å²) in [5.74, 6) is -0.985. The summed E-state index contributed by atoms with van der Waals surface area (Å²) < 4.78 is 5.16. The fourth-order valence-corrected chi connectivity index (χ4v) is 5.44. The highest BCUT2D eigenvalue weighted by atomic mass is 16.5. The van der Waals surface area contributed by atoms with Crippen molar-refractivity contribution < 1.29 is 19.1 Å². The van der Waals surface area contributed by atoms with Crippen molar-refractivity contribution in [1.29, 1.82) is 0 Å². The van der Waals surface area contributed by atoms with Gasteiger partial charge >= 0.3 is 5.97 Å². The van der Waals surface area contributed by atoms with Crippen LogP contribution in [0, 0.1) is 6.92 Å². The number of fused-ring (bicyclic) bond motifs is 4. The third-order valence-corrected chi connectivity index (χ3v) is 7.24. The first-order valence-electron chi connectivity index (χ1n) is 12.4. The largest absolute Gasteiger partial charge is 0.462 e. The molecule has 38 heavy (non-hydrogen) atoms. The molecule has 0 fully saturated rings. The molecule has 0 saturated carbocycles. The number of carbonyl (C=O) groups is 3. The molecular weight excluding hydrogens is 478 g/mol. The first-order chi connectivity index (χ1) is 18.4. The Bertz CT molecular complexity index is 1800. The van der Waals surface area contributed by atoms with E-state index in [1.165, 1.54) is 0 Å². The van der Waals surface area contributed by atoms with Crippen molar-refractivity contribution in [1.82, 2.24) is 4.98 Å². The Labute approximate surface area is 218 Å². The Kier molecular flexibility index (Phi) is 5.49. The average Bonchev–Trinajstić information content (AvgIpc) is 3.46. The van der Waals surface area contributed by atoms with E-state index in [2.05, 4.69) is 4.98 Å². The number of carbonyl (C=O) groups excluding carboxylic acids is 3. The van der Waals surface area contributed by atoms with Crippen LogP contribution < -0.4 is 10.6 Å². The highest BCUT2D eigenvalue weighted by Gasteiger charge is 2.29. The van der Waals surface area contributed by atoms with Gasteiger partial charge in [-0.1, -0.05) is 42.5 Å². The molecule has 4 aromatic carbocycles. The number of aromatic nitrogens is 1. The van der Waals surface area contributed by atoms with E-state index < -0.39 is 11.9 Å². The standard InChI is InChI=1S/C31H25N3O4/c1-3-38-31(37)18-11-12-23-25(15-18)33-28-24(29(32)35)14-13-22(27(23)28)20-9-6-10-26(17(20)2)34-16-19-7-4-5-8-21(19)30(34)36/h4-15,33H,3,16H2,1-2H3,(H2,32,35). The van der Waals surface area contributed by atoms with Gasteiger partial charge in [-0.25, -0.2) is 4.79 Å². The molecule has 7 heteroatoms. The molecule has 1 aliphatic rings. The average molecular weight is 504 g/mol. The molecule has 0 saturated heterocycles. The van der Waals surface area contributed by atoms with Gasteiger partial charge in [0.05, 0.1) is 29.8 Å². The lowest BCUT2D eigenvalue weighted by Crippen LogP contribution is -2.24. The number of esters is 1. The lowest BCUT2D eigenvalue weighted by molar-refractivity contribution is 0.0526. The van der Waals surface area contributed by atoms with Crippen molar-refractivity contribution in [3.05, 3.63) is 101 Å². The maximum absolute atomic E-state index is 13.2. The zero-order valence-corrected chi connectivity index (χ0v) is 21.0. The second-order valence-electron chi connectivity index (χ2n) is 9.38. The number of hydrogen-bond acceptors (Lipinski definition) is 4. The summed E-state index contributed by atoms with van der Waals surface area (Å²) in [6.07, 6.45) is 0. The lowest BCUT2D eigenvalue weighted by Gasteiger charge is -2.21. The van der Waals surface area contributed by atoms with Crippen molar-refractivity contribution in [2.24, 2.45) is 5.73 Å². The first kappa shape index (κ1) is 23.5. The Morgan fingerprint density at radius 3 is 2.53 bits per heavy atom. The summed E-state index contributed by atoms with van der Waals surface area (Å²) in [5.41, 5.74) is 13.1. The van der Waals surface area contributed by atoms with E-state index in [1.807, 2.05) is 61.5 Å². The zero-order valence-electron chi connectivity index (χ0n) is 21.0. The third kappa shape index (κ3) is 3.55. The number of amides is 2. The first-order valence-corrected chi connectivity index (χ1v) is 12.4. The molecule has 5 aromatic rings. The maximum Gasteiger partial charge on any atom is 0.338 e. The Morgan fingerprint density at radius 2 is 1.76 bits per heavy atom. The van der Waals surface area contributed by atoms with Crippen LogP contribution in [0.3, 0.4) is 0 Å². The SMILES string of the molecule is CCOC(=O)c1ccc2c(c1)[nH]c1c(C(N)=O)ccc(-c3cccc(N4Cc5ccccc5C4=O)c3C)c12. The second kappa shape index (κ2) is 8.88. The fraction of sp³-hybridized carbons (Fsp3) is 0.129. The summed E-state index contributed by atoms with van der Waals surface area (Å²) in [4.78, 5) is 43.0. The monoisotopic (exact) mass is 503 g/mol. The Hall–Kier alpha value is -4.91. The van der Waals surface area contributed by atoms with E-state index in [-0.39, 0.29) is 12.5 Å². The zero-order chi connectivity index (χ0) is 26.6. The van der Waals surface area contributed by atoms with Gasteiger partial charge in [0.15, 0.2) is 0 Å². The van der Waals surface area contributed by atoms with E-state index in [4.69, 9.17) is 10.5 Å². The minimum Gasteiger partial charge on any atom is -0.462 e. The smallest absolute Gasteiger partial charge is 0.338 e. The van der Waals surface area contributed by atoms with Gasteiger partial charge in [0, 0.05) is 27.5 Å². The van der Waals surface area contributed by atoms with Gasteiger partial charge in [-0.05, 0) is 66.4 Å². The van der Waals surface area contributed by atoms with Crippen molar-refractivity contribution in [3.63, 3.8) is 0 Å². The van der Waals surface area contributed by atoms with Crippen molar-refractivity contribution in [3.8, 4) is 11.1 Å². The number of primary amides is 1. The van der Waals surface area contributed by atoms with E-state index in [0.29, 0.717) is 28.7 Å². The molecule has 0 unspecified atom stereocenters. The van der Waals surface area contributed by atoms with Gasteiger partial charge in [0.25, 0.3) is 11.8 Å². The molecule has 0 spiro atoms. The molecule has 0 bridgehead atoms. The number of nitrogens with one attached hydrogen (secondary N) is 1. The third-order valence-electron chi connectivity index (χ3n) is 7.24. The molecule has 1 aromatic heterocycles. The van der Waals surface area contributed by atoms with Gasteiger partial charge in [0.2, 0.25) is 0 Å². The summed E-state index contributed by atoms with van der Waals surface area (Å²) >= 11 is 0. The number of hydrogen-bond donors (Lipinski definition) is 2. The van der Waals surface area contributed by atoms with E-state index in [9.17, 15) is 14.4 Å². The molecule has 0 radical (unpaired) electrons. The predicted molar refractivity (Wildman–Crippen MR) is 147 cm³/mol. The molecule has 6 rings (SSSR count). The van der Waals surface area contributed by atoms with Gasteiger partial charge in [-0.3, -0.25) is 9.59 Å². The topological polar surface area (TPSA) is 105 Å². The van der Waals surface area contributed by atoms with Crippen LogP contribution >= 0.6 is 0 Å². The van der Waals surface area contributed by atoms with Crippen LogP contribution in [-0.4, -0.2) is 29.4 Å². The van der Waals surface area contributed by atoms with Crippen LogP contribution in [0.2, 0.25) is 0 Å². The maximum atomic E-state index is 13.2. The number of nitrogens with zero attached hydrogens (tertiary/aromatic N) is 1. The van der Waals surface area contributed by atoms with Crippen LogP contribution in [0.1, 0.15) is 49.1 Å². The number of rotatable bonds is 5. The highest BCUT2D eigenvalue weighted by molar-refractivity contribution is 6.21. The number of anilines is 1. The fourth-order valence-electron chi connectivity index (χ4n) is 5.44. The number of benzene rings is 4. The lowest BCUT2D eigenvalue weighted by atomic mass is 9.93. The summed E-state index contributed by atoms with van der Waals surface area (Å²) in [7, 11) is 0. The van der Waals surface area contributed by atoms with Crippen LogP contribution in [0.4, 0.5) is 5.69 Å². The molecule has 3 N–H and O–H groups in total. The normalized spacial score (nSPS) is 12.8. The minimum absolute atomic E-state index is 0.0198. The van der Waals surface area contributed by atoms with Crippen molar-refractivity contribution in [2.75, 3.05) is 11.5 Å². The molecule has 0 aliphatic carbocycles. The van der Waals surface area contributed by atoms with E-state index >= 15 is 0 Å². The van der Waals surface area contributed by atoms with Crippen LogP contribution in [0.15, 0.2) is 72.8 Å². The molecule has 7 nitrogen and oxygen atoms in total. The summed E-state index contributed by atoms with van der Waals surface area (Å²) in [5, 5.41) is 1.67. The van der Waals surface area contributed by atoms with Gasteiger partial charge in [-0.15, -0.1) is 0 Å². The number of H-pyrrole nitrogens is 1. The molecule has 1 aliphatic heterocycles. The van der Waals surface area contributed by atoms with E-state index in [0.717, 1.165) is 44.3 Å². The second-order valence-corrected chi connectivity index (χ2v) is 9.38. The molecule has 2 amide bonds. The molecular formula is C31H25N3O4. The van der Waals surface area contributed by atoms with Crippen LogP contribution in [0.5, 0.6) is 0 Å². The summed E-state index contributed by atoms with van der Waals surface area (Å²) in [6, 6.07) is 22.5. The highest BCUT2D eigenvalue weighted by Crippen LogP contribution is 2.41. The van der Waals surface area contributed by atoms with Gasteiger partial charge < -0.3 is 20.4 Å². The minimum atomic E-state index is -0.551. The quantitative estimate of drug-likeness (QED) is 0.299. The number of ether oxygens (including phenoxy) is 1. The Balaban J connectivity index is 1.54. The summed E-state index contributed by atoms with van der Waals surface area (Å²) in [6.45, 7) is 4.55. The number of aromatic amines is 1. The molecule has 0 atom stereocenters. The van der Waals surface area contributed by atoms with Gasteiger partial charge in [0.1, 0.15) is 0 Å². The van der Waals surface area contributed by atoms with Crippen molar-refractivity contribution in [2.45, 2.75) is 20.4 Å². The predicted octanol–water partition coefficient (Wildman–Crippen LogP) is 5.73. The van der Waals surface area contributed by atoms with E-state index in [1.54, 1.807) is 30.0 Å². The van der Waals surface area contributed by atoms with Crippen molar-refractivity contribution >= 4 is 45.3 Å². The van der Waals surface area contributed by atoms with Crippen LogP contribution in [-0.2, 0) is 11.3 Å². The number of nitrogens with two attached hydrogens (primary N) is 1. The van der Waals surface area contributed by atoms with Gasteiger partial charge in [-0.2, -0.15) is 0 Å². The van der Waals surface area contributed by atoms with Crippen LogP contribution in [0.25, 0.3) is 32.9 Å². The Morgan fingerprint density at radius 1 is 0.974 bits per heavy atom. The molecule has 2 heterocycles.